The SMILES string of the molecule is COc1ccc(C(=O)COC(=O)c2ccc3[nH]c(C)c(C)c3c2)c(OC)c1. The number of carbonyl (C=O) groups is 2. The fraction of sp³-hybridized carbons (Fsp3) is 0.238. The van der Waals surface area contributed by atoms with Crippen LogP contribution in [-0.2, 0) is 4.74 Å². The lowest BCUT2D eigenvalue weighted by atomic mass is 10.1. The van der Waals surface area contributed by atoms with Gasteiger partial charge in [-0.1, -0.05) is 0 Å². The van der Waals surface area contributed by atoms with E-state index in [0.29, 0.717) is 22.6 Å². The third-order valence-electron chi connectivity index (χ3n) is 4.59. The Kier molecular flexibility index (Phi) is 5.16. The summed E-state index contributed by atoms with van der Waals surface area (Å²) in [5.41, 5.74) is 3.83. The predicted octanol–water partition coefficient (Wildman–Crippen LogP) is 3.84. The lowest BCUT2D eigenvalue weighted by molar-refractivity contribution is 0.0474. The number of ether oxygens (including phenoxy) is 3. The van der Waals surface area contributed by atoms with E-state index in [0.717, 1.165) is 22.2 Å². The van der Waals surface area contributed by atoms with E-state index in [9.17, 15) is 9.59 Å². The molecule has 1 heterocycles. The fourth-order valence-electron chi connectivity index (χ4n) is 2.91. The number of hydrogen-bond donors (Lipinski definition) is 1. The van der Waals surface area contributed by atoms with E-state index >= 15 is 0 Å². The molecule has 0 aliphatic carbocycles. The Labute approximate surface area is 157 Å². The van der Waals surface area contributed by atoms with Gasteiger partial charge in [0.2, 0.25) is 5.78 Å². The third-order valence-corrected chi connectivity index (χ3v) is 4.59. The minimum absolute atomic E-state index is 0.332. The quantitative estimate of drug-likeness (QED) is 0.529. The van der Waals surface area contributed by atoms with Gasteiger partial charge in [-0.15, -0.1) is 0 Å². The summed E-state index contributed by atoms with van der Waals surface area (Å²) in [6, 6.07) is 10.1. The van der Waals surface area contributed by atoms with Gasteiger partial charge in [0.25, 0.3) is 0 Å². The summed E-state index contributed by atoms with van der Waals surface area (Å²) in [6.45, 7) is 3.60. The molecule has 3 rings (SSSR count). The Morgan fingerprint density at radius 1 is 1.00 bits per heavy atom. The first kappa shape index (κ1) is 18.5. The van der Waals surface area contributed by atoms with Crippen LogP contribution in [0.25, 0.3) is 10.9 Å². The van der Waals surface area contributed by atoms with Crippen LogP contribution >= 0.6 is 0 Å². The van der Waals surface area contributed by atoms with Crippen molar-refractivity contribution in [2.75, 3.05) is 20.8 Å². The Bertz CT molecular complexity index is 1020. The molecule has 3 aromatic rings. The number of aromatic amines is 1. The monoisotopic (exact) mass is 367 g/mol. The number of Topliss-reactive ketones (excluding diaryl/α,β-unsaturated/α-hetero) is 1. The highest BCUT2D eigenvalue weighted by molar-refractivity contribution is 6.02. The van der Waals surface area contributed by atoms with Crippen molar-refractivity contribution >= 4 is 22.7 Å². The van der Waals surface area contributed by atoms with E-state index < -0.39 is 5.97 Å². The van der Waals surface area contributed by atoms with Crippen molar-refractivity contribution in [1.82, 2.24) is 4.98 Å². The molecule has 1 aromatic heterocycles. The van der Waals surface area contributed by atoms with Crippen molar-refractivity contribution in [2.24, 2.45) is 0 Å². The number of esters is 1. The number of carbonyl (C=O) groups excluding carboxylic acids is 2. The number of fused-ring (bicyclic) bond motifs is 1. The second-order valence-corrected chi connectivity index (χ2v) is 6.20. The van der Waals surface area contributed by atoms with Crippen LogP contribution in [0.15, 0.2) is 36.4 Å². The van der Waals surface area contributed by atoms with Crippen LogP contribution in [0.4, 0.5) is 0 Å². The lowest BCUT2D eigenvalue weighted by Crippen LogP contribution is -2.15. The molecule has 0 bridgehead atoms. The standard InChI is InChI=1S/C21H21NO5/c1-12-13(2)22-18-8-5-14(9-17(12)18)21(24)27-11-19(23)16-7-6-15(25-3)10-20(16)26-4/h5-10,22H,11H2,1-4H3. The highest BCUT2D eigenvalue weighted by Crippen LogP contribution is 2.25. The number of ketones is 1. The molecule has 27 heavy (non-hydrogen) atoms. The summed E-state index contributed by atoms with van der Waals surface area (Å²) in [6.07, 6.45) is 0. The Morgan fingerprint density at radius 3 is 2.48 bits per heavy atom. The van der Waals surface area contributed by atoms with Crippen LogP contribution in [0.2, 0.25) is 0 Å². The molecular formula is C21H21NO5. The summed E-state index contributed by atoms with van der Waals surface area (Å²) in [5.74, 6) is 0.0506. The maximum atomic E-state index is 12.4. The molecule has 0 aliphatic heterocycles. The number of nitrogens with one attached hydrogen (secondary N) is 1. The second-order valence-electron chi connectivity index (χ2n) is 6.20. The molecule has 0 amide bonds. The van der Waals surface area contributed by atoms with Gasteiger partial charge in [0, 0.05) is 22.7 Å². The van der Waals surface area contributed by atoms with Gasteiger partial charge in [0.1, 0.15) is 11.5 Å². The smallest absolute Gasteiger partial charge is 0.338 e. The van der Waals surface area contributed by atoms with Gasteiger partial charge < -0.3 is 19.2 Å². The molecule has 6 nitrogen and oxygen atoms in total. The molecular weight excluding hydrogens is 346 g/mol. The Balaban J connectivity index is 1.74. The van der Waals surface area contributed by atoms with E-state index in [1.165, 1.54) is 14.2 Å². The number of rotatable bonds is 6. The molecule has 1 N–H and O–H groups in total. The first-order valence-corrected chi connectivity index (χ1v) is 8.46. The van der Waals surface area contributed by atoms with Gasteiger partial charge in [0.05, 0.1) is 25.3 Å². The van der Waals surface area contributed by atoms with E-state index in [1.807, 2.05) is 19.9 Å². The molecule has 2 aromatic carbocycles. The average molecular weight is 367 g/mol. The maximum Gasteiger partial charge on any atom is 0.338 e. The van der Waals surface area contributed by atoms with Crippen molar-refractivity contribution < 1.29 is 23.8 Å². The van der Waals surface area contributed by atoms with E-state index in [4.69, 9.17) is 14.2 Å². The highest BCUT2D eigenvalue weighted by Gasteiger charge is 2.17. The predicted molar refractivity (Wildman–Crippen MR) is 102 cm³/mol. The van der Waals surface area contributed by atoms with Gasteiger partial charge in [-0.3, -0.25) is 4.79 Å². The fourth-order valence-corrected chi connectivity index (χ4v) is 2.91. The summed E-state index contributed by atoms with van der Waals surface area (Å²) in [5, 5.41) is 0.963. The summed E-state index contributed by atoms with van der Waals surface area (Å²) in [4.78, 5) is 28.0. The topological polar surface area (TPSA) is 77.6 Å². The maximum absolute atomic E-state index is 12.4. The van der Waals surface area contributed by atoms with Crippen LogP contribution in [-0.4, -0.2) is 37.6 Å². The van der Waals surface area contributed by atoms with Gasteiger partial charge in [0.15, 0.2) is 6.61 Å². The molecule has 0 saturated carbocycles. The van der Waals surface area contributed by atoms with Crippen molar-refractivity contribution in [1.29, 1.82) is 0 Å². The largest absolute Gasteiger partial charge is 0.497 e. The van der Waals surface area contributed by atoms with Crippen molar-refractivity contribution in [2.45, 2.75) is 13.8 Å². The van der Waals surface area contributed by atoms with Crippen molar-refractivity contribution in [3.63, 3.8) is 0 Å². The third kappa shape index (κ3) is 3.65. The summed E-state index contributed by atoms with van der Waals surface area (Å²) < 4.78 is 15.5. The van der Waals surface area contributed by atoms with Gasteiger partial charge in [-0.25, -0.2) is 4.79 Å². The normalized spacial score (nSPS) is 10.7. The van der Waals surface area contributed by atoms with Crippen LogP contribution in [0.1, 0.15) is 32.0 Å². The first-order valence-electron chi connectivity index (χ1n) is 8.46. The number of aromatic nitrogens is 1. The van der Waals surface area contributed by atoms with Crippen LogP contribution < -0.4 is 9.47 Å². The van der Waals surface area contributed by atoms with E-state index in [2.05, 4.69) is 4.98 Å². The second kappa shape index (κ2) is 7.53. The zero-order valence-corrected chi connectivity index (χ0v) is 15.7. The minimum Gasteiger partial charge on any atom is -0.497 e. The molecule has 0 saturated heterocycles. The summed E-state index contributed by atoms with van der Waals surface area (Å²) >= 11 is 0. The first-order chi connectivity index (χ1) is 12.9. The molecule has 6 heteroatoms. The molecule has 140 valence electrons. The van der Waals surface area contributed by atoms with Crippen LogP contribution in [0.5, 0.6) is 11.5 Å². The molecule has 0 fully saturated rings. The number of aryl methyl sites for hydroxylation is 2. The van der Waals surface area contributed by atoms with Crippen molar-refractivity contribution in [3.8, 4) is 11.5 Å². The van der Waals surface area contributed by atoms with E-state index in [1.54, 1.807) is 30.3 Å². The minimum atomic E-state index is -0.545. The number of H-pyrrole nitrogens is 1. The molecule has 0 aliphatic rings. The average Bonchev–Trinajstić information content (AvgIpc) is 2.98. The van der Waals surface area contributed by atoms with Crippen LogP contribution in [0.3, 0.4) is 0 Å². The zero-order valence-electron chi connectivity index (χ0n) is 15.7. The number of benzene rings is 2. The van der Waals surface area contributed by atoms with Gasteiger partial charge in [-0.2, -0.15) is 0 Å². The Hall–Kier alpha value is -3.28. The van der Waals surface area contributed by atoms with E-state index in [-0.39, 0.29) is 12.4 Å². The summed E-state index contributed by atoms with van der Waals surface area (Å²) in [7, 11) is 3.00. The highest BCUT2D eigenvalue weighted by atomic mass is 16.5. The van der Waals surface area contributed by atoms with Gasteiger partial charge >= 0.3 is 5.97 Å². The van der Waals surface area contributed by atoms with Crippen molar-refractivity contribution in [3.05, 3.63) is 58.8 Å². The zero-order chi connectivity index (χ0) is 19.6. The molecule has 0 atom stereocenters. The number of hydrogen-bond acceptors (Lipinski definition) is 5. The van der Waals surface area contributed by atoms with Crippen LogP contribution in [0, 0.1) is 13.8 Å². The van der Waals surface area contributed by atoms with Gasteiger partial charge in [-0.05, 0) is 49.7 Å². The molecule has 0 spiro atoms. The molecule has 0 radical (unpaired) electrons. The Morgan fingerprint density at radius 2 is 1.78 bits per heavy atom. The number of methoxy groups -OCH3 is 2. The molecule has 0 unspecified atom stereocenters. The lowest BCUT2D eigenvalue weighted by Gasteiger charge is -2.10.